The topological polar surface area (TPSA) is 42.7 Å². The molecule has 1 aromatic heterocycles. The molecule has 3 rings (SSSR count). The number of thiocarbonyl (C=S) groups is 1. The number of hydrogen-bond acceptors (Lipinski definition) is 4. The molecule has 0 radical (unpaired) electrons. The van der Waals surface area contributed by atoms with Crippen LogP contribution in [0, 0.1) is 6.92 Å². The Morgan fingerprint density at radius 2 is 1.91 bits per heavy atom. The highest BCUT2D eigenvalue weighted by Gasteiger charge is 2.09. The van der Waals surface area contributed by atoms with E-state index in [-0.39, 0.29) is 5.63 Å². The monoisotopic (exact) mass is 313 g/mol. The van der Waals surface area contributed by atoms with Gasteiger partial charge in [-0.1, -0.05) is 12.1 Å². The summed E-state index contributed by atoms with van der Waals surface area (Å²) in [6.07, 6.45) is 0. The maximum Gasteiger partial charge on any atom is 0.336 e. The second-order valence-electron chi connectivity index (χ2n) is 5.33. The lowest BCUT2D eigenvalue weighted by molar-refractivity contribution is 0.450. The Morgan fingerprint density at radius 1 is 1.18 bits per heavy atom. The molecule has 0 spiro atoms. The normalized spacial score (nSPS) is 10.9. The van der Waals surface area contributed by atoms with Crippen LogP contribution in [0.5, 0.6) is 5.75 Å². The maximum absolute atomic E-state index is 11.5. The van der Waals surface area contributed by atoms with Crippen molar-refractivity contribution in [3.63, 3.8) is 0 Å². The number of aryl methyl sites for hydroxylation is 1. The van der Waals surface area contributed by atoms with Gasteiger partial charge in [0.15, 0.2) is 0 Å². The van der Waals surface area contributed by atoms with Gasteiger partial charge in [0, 0.05) is 25.5 Å². The van der Waals surface area contributed by atoms with Crippen LogP contribution in [0.1, 0.15) is 5.56 Å². The van der Waals surface area contributed by atoms with Crippen molar-refractivity contribution in [3.05, 3.63) is 52.4 Å². The minimum absolute atomic E-state index is 0.342. The number of hydrogen-bond donors (Lipinski definition) is 0. The van der Waals surface area contributed by atoms with E-state index in [1.54, 1.807) is 4.90 Å². The third-order valence-electron chi connectivity index (χ3n) is 3.46. The van der Waals surface area contributed by atoms with Gasteiger partial charge < -0.3 is 14.1 Å². The van der Waals surface area contributed by atoms with E-state index in [2.05, 4.69) is 0 Å². The number of nitrogens with zero attached hydrogens (tertiary/aromatic N) is 1. The summed E-state index contributed by atoms with van der Waals surface area (Å²) in [4.78, 5) is 13.2. The van der Waals surface area contributed by atoms with Crippen LogP contribution in [0.2, 0.25) is 0 Å². The largest absolute Gasteiger partial charge is 0.432 e. The van der Waals surface area contributed by atoms with E-state index in [0.29, 0.717) is 16.5 Å². The van der Waals surface area contributed by atoms with E-state index in [0.717, 1.165) is 21.7 Å². The minimum atomic E-state index is -0.342. The summed E-state index contributed by atoms with van der Waals surface area (Å²) in [5.74, 6) is 0.657. The summed E-state index contributed by atoms with van der Waals surface area (Å²) in [7, 11) is 3.66. The van der Waals surface area contributed by atoms with E-state index in [1.165, 1.54) is 6.07 Å². The predicted octanol–water partition coefficient (Wildman–Crippen LogP) is 3.48. The lowest BCUT2D eigenvalue weighted by atomic mass is 10.0. The number of fused-ring (bicyclic) bond motifs is 3. The molecule has 0 atom stereocenters. The summed E-state index contributed by atoms with van der Waals surface area (Å²) in [5, 5.41) is 3.33. The van der Waals surface area contributed by atoms with Crippen molar-refractivity contribution in [3.8, 4) is 5.75 Å². The Morgan fingerprint density at radius 3 is 2.64 bits per heavy atom. The number of ether oxygens (including phenoxy) is 1. The van der Waals surface area contributed by atoms with Crippen molar-refractivity contribution in [1.29, 1.82) is 0 Å². The van der Waals surface area contributed by atoms with E-state index in [1.807, 2.05) is 51.4 Å². The van der Waals surface area contributed by atoms with Gasteiger partial charge in [0.2, 0.25) is 0 Å². The average molecular weight is 313 g/mol. The summed E-state index contributed by atoms with van der Waals surface area (Å²) in [5.41, 5.74) is 1.11. The molecule has 0 aliphatic rings. The highest BCUT2D eigenvalue weighted by atomic mass is 32.1. The Labute approximate surface area is 132 Å². The average Bonchev–Trinajstić information content (AvgIpc) is 2.45. The Hall–Kier alpha value is -2.40. The second-order valence-corrected chi connectivity index (χ2v) is 5.68. The molecular formula is C17H15NO3S. The van der Waals surface area contributed by atoms with Crippen LogP contribution in [-0.2, 0) is 0 Å². The van der Waals surface area contributed by atoms with Crippen molar-refractivity contribution >= 4 is 39.1 Å². The van der Waals surface area contributed by atoms with E-state index in [4.69, 9.17) is 21.4 Å². The van der Waals surface area contributed by atoms with E-state index >= 15 is 0 Å². The molecule has 3 aromatic rings. The maximum atomic E-state index is 11.5. The predicted molar refractivity (Wildman–Crippen MR) is 91.6 cm³/mol. The summed E-state index contributed by atoms with van der Waals surface area (Å²) < 4.78 is 10.9. The molecule has 4 nitrogen and oxygen atoms in total. The first-order valence-electron chi connectivity index (χ1n) is 6.82. The Kier molecular flexibility index (Phi) is 3.58. The quantitative estimate of drug-likeness (QED) is 0.391. The standard InChI is InChI=1S/C17H15NO3S/c1-10-8-15(19)21-14-7-5-11-4-6-12(9-13(11)16(10)14)20-17(22)18(2)3/h4-9H,1-3H3. The van der Waals surface area contributed by atoms with Crippen molar-refractivity contribution in [2.45, 2.75) is 6.92 Å². The van der Waals surface area contributed by atoms with Gasteiger partial charge in [0.1, 0.15) is 11.3 Å². The second kappa shape index (κ2) is 5.42. The van der Waals surface area contributed by atoms with Crippen LogP contribution in [0.15, 0.2) is 45.6 Å². The van der Waals surface area contributed by atoms with Gasteiger partial charge in [-0.2, -0.15) is 0 Å². The molecule has 0 amide bonds. The zero-order chi connectivity index (χ0) is 15.9. The van der Waals surface area contributed by atoms with E-state index < -0.39 is 0 Å². The SMILES string of the molecule is Cc1cc(=O)oc2ccc3ccc(OC(=S)N(C)C)cc3c12. The van der Waals surface area contributed by atoms with Gasteiger partial charge in [-0.15, -0.1) is 0 Å². The van der Waals surface area contributed by atoms with Crippen LogP contribution in [0.3, 0.4) is 0 Å². The third kappa shape index (κ3) is 2.55. The van der Waals surface area contributed by atoms with Gasteiger partial charge in [-0.3, -0.25) is 0 Å². The fraction of sp³-hybridized carbons (Fsp3) is 0.176. The van der Waals surface area contributed by atoms with Gasteiger partial charge in [0.05, 0.1) is 0 Å². The Balaban J connectivity index is 2.23. The fourth-order valence-corrected chi connectivity index (χ4v) is 2.51. The zero-order valence-electron chi connectivity index (χ0n) is 12.5. The minimum Gasteiger partial charge on any atom is -0.432 e. The molecule has 0 saturated heterocycles. The van der Waals surface area contributed by atoms with Crippen LogP contribution < -0.4 is 10.4 Å². The van der Waals surface area contributed by atoms with Crippen LogP contribution in [0.4, 0.5) is 0 Å². The van der Waals surface area contributed by atoms with E-state index in [9.17, 15) is 4.79 Å². The van der Waals surface area contributed by atoms with Gasteiger partial charge in [0.25, 0.3) is 5.17 Å². The van der Waals surface area contributed by atoms with Crippen molar-refractivity contribution in [1.82, 2.24) is 4.90 Å². The molecule has 0 N–H and O–H groups in total. The first kappa shape index (κ1) is 14.5. The van der Waals surface area contributed by atoms with Crippen molar-refractivity contribution < 1.29 is 9.15 Å². The van der Waals surface area contributed by atoms with Gasteiger partial charge >= 0.3 is 5.63 Å². The first-order valence-corrected chi connectivity index (χ1v) is 7.23. The highest BCUT2D eigenvalue weighted by Crippen LogP contribution is 2.30. The van der Waals surface area contributed by atoms with Crippen molar-refractivity contribution in [2.75, 3.05) is 14.1 Å². The number of rotatable bonds is 1. The molecule has 0 saturated carbocycles. The molecule has 22 heavy (non-hydrogen) atoms. The van der Waals surface area contributed by atoms with Gasteiger partial charge in [-0.25, -0.2) is 4.79 Å². The molecule has 0 fully saturated rings. The van der Waals surface area contributed by atoms with Crippen molar-refractivity contribution in [2.24, 2.45) is 0 Å². The highest BCUT2D eigenvalue weighted by molar-refractivity contribution is 7.80. The zero-order valence-corrected chi connectivity index (χ0v) is 13.4. The van der Waals surface area contributed by atoms with Gasteiger partial charge in [-0.05, 0) is 53.7 Å². The summed E-state index contributed by atoms with van der Waals surface area (Å²) >= 11 is 5.17. The molecule has 0 aliphatic carbocycles. The summed E-state index contributed by atoms with van der Waals surface area (Å²) in [6, 6.07) is 11.0. The Bertz CT molecular complexity index is 944. The molecule has 112 valence electrons. The molecule has 0 aliphatic heterocycles. The first-order chi connectivity index (χ1) is 10.5. The van der Waals surface area contributed by atoms with Crippen LogP contribution >= 0.6 is 12.2 Å². The molecular weight excluding hydrogens is 298 g/mol. The molecule has 5 heteroatoms. The third-order valence-corrected chi connectivity index (χ3v) is 3.91. The smallest absolute Gasteiger partial charge is 0.336 e. The molecule has 2 aromatic carbocycles. The molecule has 1 heterocycles. The number of benzene rings is 2. The summed E-state index contributed by atoms with van der Waals surface area (Å²) in [6.45, 7) is 1.90. The lowest BCUT2D eigenvalue weighted by Gasteiger charge is -2.14. The molecule has 0 unspecified atom stereocenters. The van der Waals surface area contributed by atoms with Crippen LogP contribution in [0.25, 0.3) is 21.7 Å². The molecule has 0 bridgehead atoms. The fourth-order valence-electron chi connectivity index (χ4n) is 2.41. The van der Waals surface area contributed by atoms with Crippen LogP contribution in [-0.4, -0.2) is 24.2 Å². The lowest BCUT2D eigenvalue weighted by Crippen LogP contribution is -2.24.